The summed E-state index contributed by atoms with van der Waals surface area (Å²) in [6.07, 6.45) is 0.275. The molecule has 9 heavy (non-hydrogen) atoms. The minimum atomic E-state index is -0.357. The zero-order valence-electron chi connectivity index (χ0n) is 6.22. The van der Waals surface area contributed by atoms with Crippen LogP contribution in [0, 0.1) is 6.29 Å². The van der Waals surface area contributed by atoms with Gasteiger partial charge in [-0.3, -0.25) is 4.79 Å². The van der Waals surface area contributed by atoms with E-state index in [0.29, 0.717) is 0 Å². The van der Waals surface area contributed by atoms with E-state index in [1.54, 1.807) is 6.92 Å². The maximum Gasteiger partial charge on any atom is 1.00 e. The Balaban J connectivity index is 0. The minimum absolute atomic E-state index is 0. The van der Waals surface area contributed by atoms with Crippen LogP contribution in [0.1, 0.15) is 13.8 Å². The topological polar surface area (TPSA) is 35.5 Å². The second kappa shape index (κ2) is 7.34. The van der Waals surface area contributed by atoms with Crippen molar-refractivity contribution < 1.29 is 72.5 Å². The predicted octanol–water partition coefficient (Wildman–Crippen LogP) is -2.29. The molecule has 0 amide bonds. The third-order valence-corrected chi connectivity index (χ3v) is 0.575. The Morgan fingerprint density at radius 3 is 2.11 bits per heavy atom. The van der Waals surface area contributed by atoms with Gasteiger partial charge >= 0.3 is 58.2 Å². The van der Waals surface area contributed by atoms with Crippen molar-refractivity contribution in [3.8, 4) is 0 Å². The van der Waals surface area contributed by atoms with Crippen molar-refractivity contribution in [3.05, 3.63) is 6.29 Å². The van der Waals surface area contributed by atoms with Gasteiger partial charge < -0.3 is 9.47 Å². The molecule has 4 heteroatoms. The van der Waals surface area contributed by atoms with E-state index in [2.05, 4.69) is 9.47 Å². The van der Waals surface area contributed by atoms with Crippen molar-refractivity contribution in [2.45, 2.75) is 13.8 Å². The smallest absolute Gasteiger partial charge is 0.607 e. The molecular weight excluding hydrogens is 194 g/mol. The first-order valence-electron chi connectivity index (χ1n) is 2.22. The summed E-state index contributed by atoms with van der Waals surface area (Å²) in [5.41, 5.74) is 0. The molecule has 0 aliphatic carbocycles. The molecule has 0 heterocycles. The number of hydrogen-bond acceptors (Lipinski definition) is 3. The summed E-state index contributed by atoms with van der Waals surface area (Å²) in [5.74, 6) is -0.357. The molecule has 0 aromatic heterocycles. The third kappa shape index (κ3) is 9.24. The van der Waals surface area contributed by atoms with Gasteiger partial charge in [-0.2, -0.15) is 0 Å². The fraction of sp³-hybridized carbons (Fsp3) is 0.600. The summed E-state index contributed by atoms with van der Waals surface area (Å²) in [4.78, 5) is 10.1. The van der Waals surface area contributed by atoms with E-state index < -0.39 is 0 Å². The Morgan fingerprint density at radius 1 is 1.56 bits per heavy atom. The number of rotatable bonds is 2. The maximum absolute atomic E-state index is 10.1. The molecule has 0 spiro atoms. The summed E-state index contributed by atoms with van der Waals surface area (Å²) >= 11 is 0. The quantitative estimate of drug-likeness (QED) is 0.374. The maximum atomic E-state index is 10.1. The molecule has 0 fully saturated rings. The fourth-order valence-electron chi connectivity index (χ4n) is 0.244. The minimum Gasteiger partial charge on any atom is -0.607 e. The van der Waals surface area contributed by atoms with E-state index in [1.807, 2.05) is 0 Å². The van der Waals surface area contributed by atoms with Crippen molar-refractivity contribution in [3.63, 3.8) is 0 Å². The van der Waals surface area contributed by atoms with E-state index in [-0.39, 0.29) is 70.4 Å². The van der Waals surface area contributed by atoms with E-state index in [1.165, 1.54) is 14.0 Å². The van der Waals surface area contributed by atoms with E-state index >= 15 is 0 Å². The largest absolute Gasteiger partial charge is 1.00 e. The van der Waals surface area contributed by atoms with Crippen LogP contribution in [0.4, 0.5) is 0 Å². The van der Waals surface area contributed by atoms with Crippen molar-refractivity contribution in [1.29, 1.82) is 0 Å². The Morgan fingerprint density at radius 2 is 2.00 bits per heavy atom. The molecule has 0 rings (SSSR count). The van der Waals surface area contributed by atoms with Crippen LogP contribution in [0.15, 0.2) is 0 Å². The second-order valence-electron chi connectivity index (χ2n) is 1.29. The van der Waals surface area contributed by atoms with E-state index in [0.717, 1.165) is 0 Å². The Bertz CT molecular complexity index is 84.3. The van der Waals surface area contributed by atoms with Crippen LogP contribution in [0.5, 0.6) is 0 Å². The fourth-order valence-corrected chi connectivity index (χ4v) is 0.244. The molecule has 0 unspecified atom stereocenters. The third-order valence-electron chi connectivity index (χ3n) is 0.575. The van der Waals surface area contributed by atoms with Crippen LogP contribution in [0.2, 0.25) is 0 Å². The molecule has 0 saturated heterocycles. The first-order chi connectivity index (χ1) is 3.66. The first-order valence-corrected chi connectivity index (χ1v) is 2.22. The van der Waals surface area contributed by atoms with Gasteiger partial charge in [0, 0.05) is 14.0 Å². The normalized spacial score (nSPS) is 8.44. The standard InChI is InChI=1S/C5H9O3.Rb/c1-4(6)8-5(2)7-3;/h1-3H3;/q-1;+1. The van der Waals surface area contributed by atoms with Gasteiger partial charge in [0.05, 0.1) is 0 Å². The number of ether oxygens (including phenoxy) is 2. The van der Waals surface area contributed by atoms with Gasteiger partial charge in [0.25, 0.3) is 5.97 Å². The summed E-state index contributed by atoms with van der Waals surface area (Å²) in [6, 6.07) is 0. The van der Waals surface area contributed by atoms with Crippen LogP contribution in [0.3, 0.4) is 0 Å². The summed E-state index contributed by atoms with van der Waals surface area (Å²) in [7, 11) is 1.44. The van der Waals surface area contributed by atoms with Crippen molar-refractivity contribution in [2.24, 2.45) is 0 Å². The molecule has 0 atom stereocenters. The van der Waals surface area contributed by atoms with Gasteiger partial charge in [-0.05, 0) is 6.29 Å². The summed E-state index contributed by atoms with van der Waals surface area (Å²) < 4.78 is 8.99. The molecule has 0 N–H and O–H groups in total. The molecule has 0 aromatic rings. The molecule has 0 saturated carbocycles. The molecule has 0 aliphatic heterocycles. The molecule has 0 radical (unpaired) electrons. The average molecular weight is 203 g/mol. The van der Waals surface area contributed by atoms with Crippen molar-refractivity contribution in [2.75, 3.05) is 7.11 Å². The van der Waals surface area contributed by atoms with Crippen LogP contribution < -0.4 is 58.2 Å². The van der Waals surface area contributed by atoms with Gasteiger partial charge in [-0.1, -0.05) is 0 Å². The predicted molar refractivity (Wildman–Crippen MR) is 27.7 cm³/mol. The van der Waals surface area contributed by atoms with Gasteiger partial charge in [0.1, 0.15) is 0 Å². The number of hydrogen-bond donors (Lipinski definition) is 0. The van der Waals surface area contributed by atoms with Gasteiger partial charge in [0.2, 0.25) is 0 Å². The summed E-state index contributed by atoms with van der Waals surface area (Å²) in [5, 5.41) is 0. The van der Waals surface area contributed by atoms with Gasteiger partial charge in [-0.25, -0.2) is 0 Å². The van der Waals surface area contributed by atoms with Crippen LogP contribution >= 0.6 is 0 Å². The van der Waals surface area contributed by atoms with Crippen molar-refractivity contribution >= 4 is 5.97 Å². The van der Waals surface area contributed by atoms with Crippen molar-refractivity contribution in [1.82, 2.24) is 0 Å². The Labute approximate surface area is 104 Å². The van der Waals surface area contributed by atoms with Crippen LogP contribution in [0.25, 0.3) is 0 Å². The number of methoxy groups -OCH3 is 1. The van der Waals surface area contributed by atoms with E-state index in [4.69, 9.17) is 0 Å². The monoisotopic (exact) mass is 202 g/mol. The molecular formula is C5H9O3Rb. The average Bonchev–Trinajstić information content (AvgIpc) is 1.65. The molecule has 48 valence electrons. The number of carbonyl (C=O) groups is 1. The zero-order valence-corrected chi connectivity index (χ0v) is 11.1. The molecule has 0 aliphatic rings. The van der Waals surface area contributed by atoms with Gasteiger partial charge in [0.15, 0.2) is 0 Å². The van der Waals surface area contributed by atoms with Gasteiger partial charge in [-0.15, -0.1) is 6.92 Å². The van der Waals surface area contributed by atoms with Crippen LogP contribution in [-0.4, -0.2) is 13.1 Å². The Kier molecular flexibility index (Phi) is 10.5. The first kappa shape index (κ1) is 12.9. The second-order valence-corrected chi connectivity index (χ2v) is 1.29. The Hall–Kier alpha value is 1.24. The van der Waals surface area contributed by atoms with Crippen LogP contribution in [-0.2, 0) is 14.3 Å². The molecule has 3 nitrogen and oxygen atoms in total. The SMILES string of the molecule is CO[C-](C)OC(C)=O.[Rb+]. The zero-order chi connectivity index (χ0) is 6.57. The molecule has 0 aromatic carbocycles. The number of carbonyl (C=O) groups excluding carboxylic acids is 1. The summed E-state index contributed by atoms with van der Waals surface area (Å²) in [6.45, 7) is 2.89. The van der Waals surface area contributed by atoms with E-state index in [9.17, 15) is 4.79 Å². The number of esters is 1. The molecule has 0 bridgehead atoms.